The average Bonchev–Trinajstić information content (AvgIpc) is 3.41. The summed E-state index contributed by atoms with van der Waals surface area (Å²) < 4.78 is 7.33. The van der Waals surface area contributed by atoms with Gasteiger partial charge in [-0.3, -0.25) is 14.9 Å². The van der Waals surface area contributed by atoms with Crippen LogP contribution in [0.1, 0.15) is 42.2 Å². The largest absolute Gasteiger partial charge is 0.423 e. The summed E-state index contributed by atoms with van der Waals surface area (Å²) in [6.45, 7) is 3.49. The van der Waals surface area contributed by atoms with E-state index < -0.39 is 5.91 Å². The number of nitrogens with one attached hydrogen (secondary N) is 2. The zero-order chi connectivity index (χ0) is 22.9. The van der Waals surface area contributed by atoms with Crippen LogP contribution >= 0.6 is 0 Å². The van der Waals surface area contributed by atoms with Crippen LogP contribution in [0.4, 0.5) is 11.8 Å². The number of rotatable bonds is 5. The lowest BCUT2D eigenvalue weighted by atomic mass is 9.91. The first-order valence-corrected chi connectivity index (χ1v) is 10.6. The molecule has 1 aliphatic carbocycles. The highest BCUT2D eigenvalue weighted by Crippen LogP contribution is 2.33. The third-order valence-electron chi connectivity index (χ3n) is 5.82. The Morgan fingerprint density at radius 2 is 1.97 bits per heavy atom. The normalized spacial score (nSPS) is 18.3. The van der Waals surface area contributed by atoms with Crippen LogP contribution in [0.2, 0.25) is 0 Å². The molecule has 0 bridgehead atoms. The number of aromatic nitrogens is 5. The molecule has 11 heteroatoms. The van der Waals surface area contributed by atoms with Crippen molar-refractivity contribution in [3.8, 4) is 0 Å². The Hall–Kier alpha value is -4.28. The van der Waals surface area contributed by atoms with Crippen LogP contribution in [0.25, 0.3) is 22.1 Å². The van der Waals surface area contributed by atoms with Gasteiger partial charge < -0.3 is 15.5 Å². The Kier molecular flexibility index (Phi) is 5.21. The van der Waals surface area contributed by atoms with E-state index in [0.717, 1.165) is 25.7 Å². The molecule has 2 amide bonds. The van der Waals surface area contributed by atoms with E-state index in [1.807, 2.05) is 12.1 Å². The van der Waals surface area contributed by atoms with Gasteiger partial charge in [0.25, 0.3) is 5.91 Å². The van der Waals surface area contributed by atoms with E-state index in [-0.39, 0.29) is 35.5 Å². The number of carbonyl (C=O) groups is 2. The molecule has 168 valence electrons. The molecule has 0 spiro atoms. The number of nitrogens with two attached hydrogens (primary N) is 1. The van der Waals surface area contributed by atoms with Gasteiger partial charge in [0.1, 0.15) is 17.7 Å². The van der Waals surface area contributed by atoms with Crippen molar-refractivity contribution in [2.45, 2.75) is 37.8 Å². The number of nitrogen functional groups attached to an aromatic ring is 1. The molecule has 0 aliphatic heterocycles. The van der Waals surface area contributed by atoms with Crippen molar-refractivity contribution in [3.63, 3.8) is 0 Å². The van der Waals surface area contributed by atoms with Crippen molar-refractivity contribution in [2.75, 3.05) is 11.1 Å². The smallest absolute Gasteiger partial charge is 0.302 e. The van der Waals surface area contributed by atoms with E-state index in [2.05, 4.69) is 37.3 Å². The molecule has 4 aromatic rings. The van der Waals surface area contributed by atoms with Crippen molar-refractivity contribution in [1.29, 1.82) is 0 Å². The summed E-state index contributed by atoms with van der Waals surface area (Å²) in [4.78, 5) is 37.4. The number of anilines is 2. The van der Waals surface area contributed by atoms with Gasteiger partial charge in [0.15, 0.2) is 16.9 Å². The van der Waals surface area contributed by atoms with Crippen LogP contribution < -0.4 is 16.4 Å². The van der Waals surface area contributed by atoms with E-state index in [9.17, 15) is 9.59 Å². The SMILES string of the molecule is C=CC(=O)NC1CCC(n2nc(C(=O)Nc3nc4ccccc4o3)c3c(N)ncnc32)CC1. The van der Waals surface area contributed by atoms with Crippen LogP contribution in [0.3, 0.4) is 0 Å². The Labute approximate surface area is 188 Å². The number of benzene rings is 1. The molecule has 11 nitrogen and oxygen atoms in total. The molecule has 0 atom stereocenters. The Morgan fingerprint density at radius 1 is 1.18 bits per heavy atom. The minimum Gasteiger partial charge on any atom is -0.423 e. The van der Waals surface area contributed by atoms with Gasteiger partial charge in [0, 0.05) is 6.04 Å². The molecule has 1 aliphatic rings. The number of hydrogen-bond donors (Lipinski definition) is 3. The van der Waals surface area contributed by atoms with Gasteiger partial charge in [-0.2, -0.15) is 10.1 Å². The number of hydrogen-bond acceptors (Lipinski definition) is 8. The maximum Gasteiger partial charge on any atom is 0.302 e. The van der Waals surface area contributed by atoms with Gasteiger partial charge in [-0.05, 0) is 43.9 Å². The molecule has 33 heavy (non-hydrogen) atoms. The maximum absolute atomic E-state index is 13.1. The lowest BCUT2D eigenvalue weighted by Crippen LogP contribution is -2.37. The van der Waals surface area contributed by atoms with Crippen molar-refractivity contribution in [2.24, 2.45) is 0 Å². The molecular weight excluding hydrogens is 424 g/mol. The minimum absolute atomic E-state index is 0.00422. The predicted molar refractivity (Wildman–Crippen MR) is 121 cm³/mol. The van der Waals surface area contributed by atoms with E-state index >= 15 is 0 Å². The van der Waals surface area contributed by atoms with Crippen LogP contribution in [-0.4, -0.2) is 42.6 Å². The first-order valence-electron chi connectivity index (χ1n) is 10.6. The Balaban J connectivity index is 1.42. The quantitative estimate of drug-likeness (QED) is 0.395. The molecule has 1 aromatic carbocycles. The van der Waals surface area contributed by atoms with Crippen molar-refractivity contribution in [3.05, 3.63) is 48.9 Å². The fourth-order valence-electron chi connectivity index (χ4n) is 4.22. The first kappa shape index (κ1) is 20.6. The van der Waals surface area contributed by atoms with E-state index in [1.165, 1.54) is 12.4 Å². The summed E-state index contributed by atoms with van der Waals surface area (Å²) in [5.41, 5.74) is 7.89. The highest BCUT2D eigenvalue weighted by Gasteiger charge is 2.29. The van der Waals surface area contributed by atoms with Crippen molar-refractivity contribution < 1.29 is 14.0 Å². The zero-order valence-electron chi connectivity index (χ0n) is 17.7. The molecule has 0 unspecified atom stereocenters. The van der Waals surface area contributed by atoms with Gasteiger partial charge in [-0.15, -0.1) is 0 Å². The summed E-state index contributed by atoms with van der Waals surface area (Å²) in [6, 6.07) is 7.36. The topological polar surface area (TPSA) is 154 Å². The average molecular weight is 446 g/mol. The molecule has 1 saturated carbocycles. The van der Waals surface area contributed by atoms with E-state index in [0.29, 0.717) is 22.1 Å². The number of para-hydroxylation sites is 2. The second kappa shape index (κ2) is 8.34. The van der Waals surface area contributed by atoms with Crippen LogP contribution in [0, 0.1) is 0 Å². The number of oxazole rings is 1. The van der Waals surface area contributed by atoms with Gasteiger partial charge in [-0.25, -0.2) is 14.6 Å². The van der Waals surface area contributed by atoms with Crippen LogP contribution in [0.15, 0.2) is 47.7 Å². The lowest BCUT2D eigenvalue weighted by molar-refractivity contribution is -0.117. The second-order valence-electron chi connectivity index (χ2n) is 7.91. The molecule has 1 fully saturated rings. The number of carbonyl (C=O) groups excluding carboxylic acids is 2. The lowest BCUT2D eigenvalue weighted by Gasteiger charge is -2.29. The molecule has 3 aromatic heterocycles. The van der Waals surface area contributed by atoms with Gasteiger partial charge >= 0.3 is 6.01 Å². The molecule has 3 heterocycles. The minimum atomic E-state index is -0.515. The first-order chi connectivity index (χ1) is 16.0. The highest BCUT2D eigenvalue weighted by molar-refractivity contribution is 6.12. The highest BCUT2D eigenvalue weighted by atomic mass is 16.4. The van der Waals surface area contributed by atoms with E-state index in [1.54, 1.807) is 16.8 Å². The molecule has 0 radical (unpaired) electrons. The summed E-state index contributed by atoms with van der Waals surface area (Å²) in [6.07, 6.45) is 5.69. The third kappa shape index (κ3) is 3.88. The summed E-state index contributed by atoms with van der Waals surface area (Å²) >= 11 is 0. The van der Waals surface area contributed by atoms with Gasteiger partial charge in [0.05, 0.1) is 11.4 Å². The molecule has 5 rings (SSSR count). The fourth-order valence-corrected chi connectivity index (χ4v) is 4.22. The predicted octanol–water partition coefficient (Wildman–Crippen LogP) is 2.59. The number of amides is 2. The molecule has 4 N–H and O–H groups in total. The van der Waals surface area contributed by atoms with Gasteiger partial charge in [-0.1, -0.05) is 18.7 Å². The van der Waals surface area contributed by atoms with Gasteiger partial charge in [0.2, 0.25) is 5.91 Å². The summed E-state index contributed by atoms with van der Waals surface area (Å²) in [7, 11) is 0. The van der Waals surface area contributed by atoms with E-state index in [4.69, 9.17) is 10.2 Å². The Bertz CT molecular complexity index is 1330. The standard InChI is InChI=1S/C22H22N8O3/c1-2-16(31)26-12-7-9-13(10-8-12)30-20-17(19(23)24-11-25-20)18(29-30)21(32)28-22-27-14-5-3-4-6-15(14)33-22/h2-6,11-13H,1,7-10H2,(H,26,31)(H2,23,24,25)(H,27,28,32). The Morgan fingerprint density at radius 3 is 2.73 bits per heavy atom. The second-order valence-corrected chi connectivity index (χ2v) is 7.91. The maximum atomic E-state index is 13.1. The number of fused-ring (bicyclic) bond motifs is 2. The third-order valence-corrected chi connectivity index (χ3v) is 5.82. The van der Waals surface area contributed by atoms with Crippen LogP contribution in [-0.2, 0) is 4.79 Å². The van der Waals surface area contributed by atoms with Crippen molar-refractivity contribution >= 4 is 45.8 Å². The summed E-state index contributed by atoms with van der Waals surface area (Å²) in [5, 5.41) is 10.6. The fraction of sp³-hybridized carbons (Fsp3) is 0.273. The van der Waals surface area contributed by atoms with Crippen molar-refractivity contribution in [1.82, 2.24) is 30.0 Å². The molecular formula is C22H22N8O3. The number of nitrogens with zero attached hydrogens (tertiary/aromatic N) is 5. The zero-order valence-corrected chi connectivity index (χ0v) is 17.7. The summed E-state index contributed by atoms with van der Waals surface area (Å²) in [5.74, 6) is -0.527. The monoisotopic (exact) mass is 446 g/mol. The molecule has 0 saturated heterocycles. The van der Waals surface area contributed by atoms with Crippen LogP contribution in [0.5, 0.6) is 0 Å².